The summed E-state index contributed by atoms with van der Waals surface area (Å²) in [5, 5.41) is 0. The standard InChI is InChI=1S/C18H20O2/c1-13(2)16-9-4-5-10-18(16)20-12-17(19)15-8-6-7-14(3)11-15/h4-11,13H,12H2,1-3H3. The molecule has 2 nitrogen and oxygen atoms in total. The van der Waals surface area contributed by atoms with Gasteiger partial charge in [-0.05, 0) is 30.5 Å². The third kappa shape index (κ3) is 3.47. The second kappa shape index (κ2) is 6.38. The van der Waals surface area contributed by atoms with E-state index in [-0.39, 0.29) is 12.4 Å². The molecule has 0 fully saturated rings. The number of hydrogen-bond acceptors (Lipinski definition) is 2. The predicted octanol–water partition coefficient (Wildman–Crippen LogP) is 4.38. The predicted molar refractivity (Wildman–Crippen MR) is 81.5 cm³/mol. The molecule has 2 aromatic rings. The van der Waals surface area contributed by atoms with Gasteiger partial charge in [-0.25, -0.2) is 0 Å². The van der Waals surface area contributed by atoms with Gasteiger partial charge in [0.25, 0.3) is 0 Å². The molecule has 0 N–H and O–H groups in total. The van der Waals surface area contributed by atoms with Crippen LogP contribution in [0.4, 0.5) is 0 Å². The molecule has 0 amide bonds. The highest BCUT2D eigenvalue weighted by molar-refractivity contribution is 5.97. The van der Waals surface area contributed by atoms with Gasteiger partial charge in [-0.2, -0.15) is 0 Å². The third-order valence-corrected chi connectivity index (χ3v) is 3.24. The van der Waals surface area contributed by atoms with E-state index in [0.29, 0.717) is 11.5 Å². The van der Waals surface area contributed by atoms with Gasteiger partial charge in [0, 0.05) is 5.56 Å². The monoisotopic (exact) mass is 268 g/mol. The highest BCUT2D eigenvalue weighted by Crippen LogP contribution is 2.25. The van der Waals surface area contributed by atoms with Gasteiger partial charge in [-0.15, -0.1) is 0 Å². The van der Waals surface area contributed by atoms with Crippen molar-refractivity contribution in [2.45, 2.75) is 26.7 Å². The van der Waals surface area contributed by atoms with E-state index >= 15 is 0 Å². The maximum atomic E-state index is 12.1. The lowest BCUT2D eigenvalue weighted by Gasteiger charge is -2.13. The summed E-state index contributed by atoms with van der Waals surface area (Å²) in [5.74, 6) is 1.18. The lowest BCUT2D eigenvalue weighted by atomic mass is 10.0. The summed E-state index contributed by atoms with van der Waals surface area (Å²) >= 11 is 0. The van der Waals surface area contributed by atoms with Gasteiger partial charge in [0.15, 0.2) is 12.4 Å². The Morgan fingerprint density at radius 2 is 1.85 bits per heavy atom. The molecule has 20 heavy (non-hydrogen) atoms. The molecule has 0 unspecified atom stereocenters. The minimum absolute atomic E-state index is 0.00672. The van der Waals surface area contributed by atoms with Crippen molar-refractivity contribution < 1.29 is 9.53 Å². The van der Waals surface area contributed by atoms with E-state index < -0.39 is 0 Å². The third-order valence-electron chi connectivity index (χ3n) is 3.24. The second-order valence-corrected chi connectivity index (χ2v) is 5.27. The molecule has 0 bridgehead atoms. The van der Waals surface area contributed by atoms with Crippen LogP contribution in [0.25, 0.3) is 0 Å². The highest BCUT2D eigenvalue weighted by atomic mass is 16.5. The van der Waals surface area contributed by atoms with Crippen molar-refractivity contribution in [1.29, 1.82) is 0 Å². The SMILES string of the molecule is Cc1cccc(C(=O)COc2ccccc2C(C)C)c1. The topological polar surface area (TPSA) is 26.3 Å². The van der Waals surface area contributed by atoms with Gasteiger partial charge in [0.05, 0.1) is 0 Å². The van der Waals surface area contributed by atoms with Crippen LogP contribution in [0.5, 0.6) is 5.75 Å². The maximum absolute atomic E-state index is 12.1. The second-order valence-electron chi connectivity index (χ2n) is 5.27. The molecule has 0 saturated heterocycles. The van der Waals surface area contributed by atoms with Crippen molar-refractivity contribution in [2.75, 3.05) is 6.61 Å². The molecule has 0 aliphatic heterocycles. The summed E-state index contributed by atoms with van der Waals surface area (Å²) in [7, 11) is 0. The van der Waals surface area contributed by atoms with Gasteiger partial charge in [-0.3, -0.25) is 4.79 Å². The first-order valence-electron chi connectivity index (χ1n) is 6.89. The van der Waals surface area contributed by atoms with Crippen molar-refractivity contribution in [3.05, 3.63) is 65.2 Å². The Bertz CT molecular complexity index is 600. The van der Waals surface area contributed by atoms with Crippen LogP contribution in [0.2, 0.25) is 0 Å². The Balaban J connectivity index is 2.07. The number of ketones is 1. The normalized spacial score (nSPS) is 10.6. The van der Waals surface area contributed by atoms with E-state index in [2.05, 4.69) is 13.8 Å². The Hall–Kier alpha value is -2.09. The molecule has 0 spiro atoms. The largest absolute Gasteiger partial charge is 0.485 e. The van der Waals surface area contributed by atoms with Crippen LogP contribution in [-0.4, -0.2) is 12.4 Å². The Morgan fingerprint density at radius 1 is 1.10 bits per heavy atom. The number of rotatable bonds is 5. The Labute approximate surface area is 120 Å². The number of ether oxygens (including phenoxy) is 1. The Kier molecular flexibility index (Phi) is 4.57. The van der Waals surface area contributed by atoms with E-state index in [1.807, 2.05) is 55.5 Å². The molecule has 0 aliphatic rings. The fourth-order valence-corrected chi connectivity index (χ4v) is 2.13. The summed E-state index contributed by atoms with van der Waals surface area (Å²) in [4.78, 5) is 12.1. The van der Waals surface area contributed by atoms with Crippen LogP contribution in [-0.2, 0) is 0 Å². The Morgan fingerprint density at radius 3 is 2.55 bits per heavy atom. The van der Waals surface area contributed by atoms with Crippen molar-refractivity contribution in [3.8, 4) is 5.75 Å². The molecule has 2 aromatic carbocycles. The minimum atomic E-state index is 0.00672. The molecule has 0 aromatic heterocycles. The highest BCUT2D eigenvalue weighted by Gasteiger charge is 2.10. The van der Waals surface area contributed by atoms with Gasteiger partial charge in [-0.1, -0.05) is 55.8 Å². The van der Waals surface area contributed by atoms with Crippen molar-refractivity contribution >= 4 is 5.78 Å². The van der Waals surface area contributed by atoms with Gasteiger partial charge < -0.3 is 4.74 Å². The number of hydrogen-bond donors (Lipinski definition) is 0. The van der Waals surface area contributed by atoms with Crippen LogP contribution in [0.1, 0.15) is 41.3 Å². The van der Waals surface area contributed by atoms with Gasteiger partial charge >= 0.3 is 0 Å². The summed E-state index contributed by atoms with van der Waals surface area (Å²) in [6, 6.07) is 15.5. The molecule has 0 saturated carbocycles. The number of Topliss-reactive ketones (excluding diaryl/α,β-unsaturated/α-hetero) is 1. The van der Waals surface area contributed by atoms with E-state index in [1.165, 1.54) is 0 Å². The lowest BCUT2D eigenvalue weighted by molar-refractivity contribution is 0.0920. The molecule has 2 rings (SSSR count). The van der Waals surface area contributed by atoms with E-state index in [0.717, 1.165) is 16.9 Å². The summed E-state index contributed by atoms with van der Waals surface area (Å²) in [6.07, 6.45) is 0. The fourth-order valence-electron chi connectivity index (χ4n) is 2.13. The maximum Gasteiger partial charge on any atom is 0.200 e. The molecule has 0 atom stereocenters. The molecule has 0 radical (unpaired) electrons. The first-order chi connectivity index (χ1) is 9.58. The molecule has 2 heteroatoms. The van der Waals surface area contributed by atoms with E-state index in [9.17, 15) is 4.79 Å². The average molecular weight is 268 g/mol. The van der Waals surface area contributed by atoms with Crippen LogP contribution >= 0.6 is 0 Å². The van der Waals surface area contributed by atoms with Crippen LogP contribution < -0.4 is 4.74 Å². The first-order valence-corrected chi connectivity index (χ1v) is 6.89. The van der Waals surface area contributed by atoms with Crippen molar-refractivity contribution in [2.24, 2.45) is 0 Å². The zero-order valence-electron chi connectivity index (χ0n) is 12.2. The quantitative estimate of drug-likeness (QED) is 0.752. The number of aryl methyl sites for hydroxylation is 1. The average Bonchev–Trinajstić information content (AvgIpc) is 2.45. The minimum Gasteiger partial charge on any atom is -0.485 e. The van der Waals surface area contributed by atoms with Crippen molar-refractivity contribution in [3.63, 3.8) is 0 Å². The van der Waals surface area contributed by atoms with Crippen molar-refractivity contribution in [1.82, 2.24) is 0 Å². The first kappa shape index (κ1) is 14.3. The zero-order valence-corrected chi connectivity index (χ0v) is 12.2. The number of benzene rings is 2. The van der Waals surface area contributed by atoms with Gasteiger partial charge in [0.1, 0.15) is 5.75 Å². The van der Waals surface area contributed by atoms with E-state index in [1.54, 1.807) is 0 Å². The molecule has 0 heterocycles. The summed E-state index contributed by atoms with van der Waals surface area (Å²) < 4.78 is 5.70. The molecule has 0 aliphatic carbocycles. The zero-order chi connectivity index (χ0) is 14.5. The lowest BCUT2D eigenvalue weighted by Crippen LogP contribution is -2.12. The fraction of sp³-hybridized carbons (Fsp3) is 0.278. The summed E-state index contributed by atoms with van der Waals surface area (Å²) in [5.41, 5.74) is 2.91. The molecular formula is C18H20O2. The number of carbonyl (C=O) groups is 1. The van der Waals surface area contributed by atoms with Crippen LogP contribution in [0.15, 0.2) is 48.5 Å². The smallest absolute Gasteiger partial charge is 0.200 e. The van der Waals surface area contributed by atoms with Crippen LogP contribution in [0, 0.1) is 6.92 Å². The summed E-state index contributed by atoms with van der Waals surface area (Å²) in [6.45, 7) is 6.29. The molecule has 104 valence electrons. The number of para-hydroxylation sites is 1. The van der Waals surface area contributed by atoms with E-state index in [4.69, 9.17) is 4.74 Å². The van der Waals surface area contributed by atoms with Crippen LogP contribution in [0.3, 0.4) is 0 Å². The van der Waals surface area contributed by atoms with Gasteiger partial charge in [0.2, 0.25) is 0 Å². The molecular weight excluding hydrogens is 248 g/mol. The number of carbonyl (C=O) groups excluding carboxylic acids is 1.